The number of nitrogens with zero attached hydrogens (tertiary/aromatic N) is 1. The Bertz CT molecular complexity index is 797. The average Bonchev–Trinajstić information content (AvgIpc) is 2.60. The Balaban J connectivity index is 1.75. The van der Waals surface area contributed by atoms with Crippen LogP contribution in [0.15, 0.2) is 48.5 Å². The van der Waals surface area contributed by atoms with Crippen LogP contribution in [-0.4, -0.2) is 38.1 Å². The molecule has 0 bridgehead atoms. The molecule has 0 unspecified atom stereocenters. The molecule has 3 rings (SSSR count). The van der Waals surface area contributed by atoms with Crippen molar-refractivity contribution in [2.75, 3.05) is 30.4 Å². The summed E-state index contributed by atoms with van der Waals surface area (Å²) in [5, 5.41) is 5.94. The number of nitrogens with one attached hydrogen (secondary N) is 2. The number of benzene rings is 2. The zero-order valence-electron chi connectivity index (χ0n) is 13.7. The van der Waals surface area contributed by atoms with Crippen molar-refractivity contribution in [3.63, 3.8) is 0 Å². The molecule has 0 fully saturated rings. The number of ether oxygens (including phenoxy) is 1. The van der Waals surface area contributed by atoms with Gasteiger partial charge in [-0.05, 0) is 30.3 Å². The van der Waals surface area contributed by atoms with Crippen LogP contribution in [0.4, 0.5) is 11.4 Å². The van der Waals surface area contributed by atoms with E-state index in [1.165, 1.54) is 0 Å². The molecule has 2 aromatic rings. The lowest BCUT2D eigenvalue weighted by atomic mass is 10.1. The number of likely N-dealkylation sites (N-methyl/N-ethyl adjacent to an activating group) is 1. The van der Waals surface area contributed by atoms with Crippen LogP contribution < -0.4 is 20.3 Å². The summed E-state index contributed by atoms with van der Waals surface area (Å²) < 4.78 is 5.73. The Morgan fingerprint density at radius 1 is 1.24 bits per heavy atom. The molecule has 1 heterocycles. The van der Waals surface area contributed by atoms with Gasteiger partial charge in [-0.3, -0.25) is 9.59 Å². The smallest absolute Gasteiger partial charge is 0.262 e. The molecular formula is C18H18ClN3O3. The van der Waals surface area contributed by atoms with E-state index in [9.17, 15) is 9.59 Å². The van der Waals surface area contributed by atoms with Gasteiger partial charge in [-0.2, -0.15) is 0 Å². The first-order valence-electron chi connectivity index (χ1n) is 7.84. The molecule has 2 N–H and O–H groups in total. The average molecular weight is 360 g/mol. The van der Waals surface area contributed by atoms with Crippen molar-refractivity contribution in [3.05, 3.63) is 53.6 Å². The number of amides is 2. The van der Waals surface area contributed by atoms with E-state index in [1.54, 1.807) is 37.4 Å². The lowest BCUT2D eigenvalue weighted by Gasteiger charge is -2.34. The first-order chi connectivity index (χ1) is 12.1. The van der Waals surface area contributed by atoms with Gasteiger partial charge in [-0.25, -0.2) is 0 Å². The second-order valence-corrected chi connectivity index (χ2v) is 6.06. The Morgan fingerprint density at radius 2 is 2.04 bits per heavy atom. The molecule has 0 spiro atoms. The van der Waals surface area contributed by atoms with Crippen molar-refractivity contribution >= 4 is 34.8 Å². The van der Waals surface area contributed by atoms with E-state index >= 15 is 0 Å². The molecule has 1 aliphatic rings. The van der Waals surface area contributed by atoms with Crippen LogP contribution >= 0.6 is 11.6 Å². The van der Waals surface area contributed by atoms with Gasteiger partial charge in [0, 0.05) is 17.8 Å². The number of fused-ring (bicyclic) bond motifs is 1. The van der Waals surface area contributed by atoms with E-state index < -0.39 is 6.10 Å². The SMILES string of the molecule is CNC(=O)[C@H]1CN(CC(=O)Nc2cccc(Cl)c2)c2ccccc2O1. The summed E-state index contributed by atoms with van der Waals surface area (Å²) in [5.74, 6) is 0.155. The van der Waals surface area contributed by atoms with Crippen molar-refractivity contribution in [3.8, 4) is 5.75 Å². The predicted molar refractivity (Wildman–Crippen MR) is 97.2 cm³/mol. The highest BCUT2D eigenvalue weighted by molar-refractivity contribution is 6.30. The van der Waals surface area contributed by atoms with Crippen LogP contribution in [0, 0.1) is 0 Å². The predicted octanol–water partition coefficient (Wildman–Crippen LogP) is 2.29. The fraction of sp³-hybridized carbons (Fsp3) is 0.222. The van der Waals surface area contributed by atoms with Crippen LogP contribution in [0.25, 0.3) is 0 Å². The van der Waals surface area contributed by atoms with Crippen LogP contribution in [0.5, 0.6) is 5.75 Å². The van der Waals surface area contributed by atoms with Crippen molar-refractivity contribution in [1.82, 2.24) is 5.32 Å². The minimum Gasteiger partial charge on any atom is -0.477 e. The fourth-order valence-electron chi connectivity index (χ4n) is 2.69. The highest BCUT2D eigenvalue weighted by Gasteiger charge is 2.30. The topological polar surface area (TPSA) is 70.7 Å². The Kier molecular flexibility index (Phi) is 5.09. The van der Waals surface area contributed by atoms with E-state index in [0.717, 1.165) is 5.69 Å². The zero-order chi connectivity index (χ0) is 17.8. The van der Waals surface area contributed by atoms with Crippen LogP contribution in [0.1, 0.15) is 0 Å². The van der Waals surface area contributed by atoms with E-state index in [0.29, 0.717) is 23.0 Å². The number of rotatable bonds is 4. The first kappa shape index (κ1) is 17.1. The summed E-state index contributed by atoms with van der Waals surface area (Å²) in [6, 6.07) is 14.3. The number of carbonyl (C=O) groups is 2. The van der Waals surface area contributed by atoms with Gasteiger partial charge in [-0.1, -0.05) is 29.8 Å². The van der Waals surface area contributed by atoms with Crippen LogP contribution in [-0.2, 0) is 9.59 Å². The molecule has 2 aromatic carbocycles. The summed E-state index contributed by atoms with van der Waals surface area (Å²) in [6.07, 6.45) is -0.668. The third-order valence-electron chi connectivity index (χ3n) is 3.84. The number of para-hydroxylation sites is 2. The highest BCUT2D eigenvalue weighted by Crippen LogP contribution is 2.33. The molecule has 25 heavy (non-hydrogen) atoms. The van der Waals surface area contributed by atoms with Crippen molar-refractivity contribution in [1.29, 1.82) is 0 Å². The number of halogens is 1. The summed E-state index contributed by atoms with van der Waals surface area (Å²) in [6.45, 7) is 0.389. The van der Waals surface area contributed by atoms with E-state index in [2.05, 4.69) is 10.6 Å². The van der Waals surface area contributed by atoms with E-state index in [4.69, 9.17) is 16.3 Å². The number of anilines is 2. The van der Waals surface area contributed by atoms with E-state index in [1.807, 2.05) is 23.1 Å². The largest absolute Gasteiger partial charge is 0.477 e. The standard InChI is InChI=1S/C18H18ClN3O3/c1-20-18(24)16-10-22(14-7-2-3-8-15(14)25-16)11-17(23)21-13-6-4-5-12(19)9-13/h2-9,16H,10-11H2,1H3,(H,20,24)(H,21,23)/t16-/m1/s1. The highest BCUT2D eigenvalue weighted by atomic mass is 35.5. The molecule has 2 amide bonds. The Hall–Kier alpha value is -2.73. The van der Waals surface area contributed by atoms with Crippen LogP contribution in [0.3, 0.4) is 0 Å². The third-order valence-corrected chi connectivity index (χ3v) is 4.08. The number of carbonyl (C=O) groups excluding carboxylic acids is 2. The number of hydrogen-bond donors (Lipinski definition) is 2. The summed E-state index contributed by atoms with van der Waals surface area (Å²) in [4.78, 5) is 26.2. The molecule has 1 aliphatic heterocycles. The van der Waals surface area contributed by atoms with Gasteiger partial charge in [0.1, 0.15) is 5.75 Å². The van der Waals surface area contributed by atoms with Crippen molar-refractivity contribution in [2.24, 2.45) is 0 Å². The Labute approximate surface area is 150 Å². The number of hydrogen-bond acceptors (Lipinski definition) is 4. The first-order valence-corrected chi connectivity index (χ1v) is 8.22. The minimum atomic E-state index is -0.668. The molecule has 1 atom stereocenters. The minimum absolute atomic E-state index is 0.0976. The maximum Gasteiger partial charge on any atom is 0.262 e. The normalized spacial score (nSPS) is 15.8. The lowest BCUT2D eigenvalue weighted by molar-refractivity contribution is -0.127. The molecular weight excluding hydrogens is 342 g/mol. The molecule has 6 nitrogen and oxygen atoms in total. The quantitative estimate of drug-likeness (QED) is 0.878. The van der Waals surface area contributed by atoms with Crippen molar-refractivity contribution in [2.45, 2.75) is 6.10 Å². The molecule has 0 saturated heterocycles. The molecule has 0 aliphatic carbocycles. The van der Waals surface area contributed by atoms with Gasteiger partial charge in [0.2, 0.25) is 5.91 Å². The molecule has 0 saturated carbocycles. The third kappa shape index (κ3) is 4.03. The van der Waals surface area contributed by atoms with Crippen molar-refractivity contribution < 1.29 is 14.3 Å². The molecule has 0 aromatic heterocycles. The lowest BCUT2D eigenvalue weighted by Crippen LogP contribution is -2.50. The van der Waals surface area contributed by atoms with E-state index in [-0.39, 0.29) is 18.4 Å². The van der Waals surface area contributed by atoms with Gasteiger partial charge in [-0.15, -0.1) is 0 Å². The van der Waals surface area contributed by atoms with Crippen LogP contribution in [0.2, 0.25) is 5.02 Å². The Morgan fingerprint density at radius 3 is 2.80 bits per heavy atom. The van der Waals surface area contributed by atoms with Gasteiger partial charge in [0.05, 0.1) is 18.8 Å². The molecule has 130 valence electrons. The maximum atomic E-state index is 12.4. The summed E-state index contributed by atoms with van der Waals surface area (Å²) >= 11 is 5.93. The summed E-state index contributed by atoms with van der Waals surface area (Å²) in [5.41, 5.74) is 1.41. The molecule has 7 heteroatoms. The van der Waals surface area contributed by atoms with Gasteiger partial charge in [0.15, 0.2) is 6.10 Å². The maximum absolute atomic E-state index is 12.4. The second-order valence-electron chi connectivity index (χ2n) is 5.63. The zero-order valence-corrected chi connectivity index (χ0v) is 14.4. The van der Waals surface area contributed by atoms with Gasteiger partial charge >= 0.3 is 0 Å². The summed E-state index contributed by atoms with van der Waals surface area (Å²) in [7, 11) is 1.56. The monoisotopic (exact) mass is 359 g/mol. The molecule has 0 radical (unpaired) electrons. The fourth-order valence-corrected chi connectivity index (χ4v) is 2.88. The van der Waals surface area contributed by atoms with Gasteiger partial charge in [0.25, 0.3) is 5.91 Å². The second kappa shape index (κ2) is 7.44. The van der Waals surface area contributed by atoms with Gasteiger partial charge < -0.3 is 20.3 Å².